The zero-order chi connectivity index (χ0) is 17.6. The lowest BCUT2D eigenvalue weighted by Gasteiger charge is -2.38. The molecule has 126 valence electrons. The lowest BCUT2D eigenvalue weighted by Crippen LogP contribution is -2.46. The van der Waals surface area contributed by atoms with E-state index >= 15 is 0 Å². The minimum Gasteiger partial charge on any atom is -0.304 e. The molecule has 0 aliphatic carbocycles. The van der Waals surface area contributed by atoms with Crippen LogP contribution in [0.2, 0.25) is 0 Å². The topological polar surface area (TPSA) is 57.1 Å². The summed E-state index contributed by atoms with van der Waals surface area (Å²) < 4.78 is 1.18. The van der Waals surface area contributed by atoms with Crippen LogP contribution < -0.4 is 0 Å². The molecule has 2 heterocycles. The molecule has 0 saturated carbocycles. The van der Waals surface area contributed by atoms with E-state index in [0.717, 1.165) is 22.2 Å². The molecule has 0 spiro atoms. The Morgan fingerprint density at radius 2 is 1.96 bits per heavy atom. The summed E-state index contributed by atoms with van der Waals surface area (Å²) in [6.07, 6.45) is 1.00. The maximum atomic E-state index is 12.2. The standard InChI is InChI=1S/C20H19N3OS/c1-20(10-18(21)23(2)19(24)11-20)15-5-3-4-13(8-15)14-6-7-17-16(9-14)22-12-25-17/h3-9,12,21H,10-11H2,1-2H3/t20-/m0/s1. The van der Waals surface area contributed by atoms with Crippen LogP contribution in [0.15, 0.2) is 48.0 Å². The first-order chi connectivity index (χ1) is 12.0. The van der Waals surface area contributed by atoms with E-state index in [9.17, 15) is 4.79 Å². The number of nitrogens with one attached hydrogen (secondary N) is 1. The molecule has 1 N–H and O–H groups in total. The van der Waals surface area contributed by atoms with Crippen LogP contribution in [-0.2, 0) is 10.2 Å². The maximum Gasteiger partial charge on any atom is 0.228 e. The Morgan fingerprint density at radius 1 is 1.16 bits per heavy atom. The number of carbonyl (C=O) groups is 1. The van der Waals surface area contributed by atoms with Gasteiger partial charge in [0.25, 0.3) is 0 Å². The quantitative estimate of drug-likeness (QED) is 0.743. The van der Waals surface area contributed by atoms with Gasteiger partial charge in [-0.1, -0.05) is 37.3 Å². The van der Waals surface area contributed by atoms with E-state index in [1.54, 1.807) is 18.4 Å². The van der Waals surface area contributed by atoms with Gasteiger partial charge in [0, 0.05) is 25.3 Å². The number of piperidine rings is 1. The zero-order valence-corrected chi connectivity index (χ0v) is 15.1. The van der Waals surface area contributed by atoms with E-state index in [4.69, 9.17) is 5.41 Å². The molecule has 1 aliphatic rings. The van der Waals surface area contributed by atoms with Crippen molar-refractivity contribution in [2.45, 2.75) is 25.2 Å². The largest absolute Gasteiger partial charge is 0.304 e. The summed E-state index contributed by atoms with van der Waals surface area (Å²) in [5.41, 5.74) is 5.89. The number of benzene rings is 2. The molecule has 2 aromatic carbocycles. The summed E-state index contributed by atoms with van der Waals surface area (Å²) in [7, 11) is 1.68. The molecule has 3 aromatic rings. The van der Waals surface area contributed by atoms with Crippen molar-refractivity contribution in [1.29, 1.82) is 5.41 Å². The van der Waals surface area contributed by atoms with Crippen LogP contribution in [0.3, 0.4) is 0 Å². The van der Waals surface area contributed by atoms with Crippen molar-refractivity contribution < 1.29 is 4.79 Å². The summed E-state index contributed by atoms with van der Waals surface area (Å²) in [4.78, 5) is 18.1. The number of aromatic nitrogens is 1. The fraction of sp³-hybridized carbons (Fsp3) is 0.250. The normalized spacial score (nSPS) is 21.1. The number of carbonyl (C=O) groups excluding carboxylic acids is 1. The summed E-state index contributed by atoms with van der Waals surface area (Å²) in [6, 6.07) is 14.7. The molecule has 0 bridgehead atoms. The lowest BCUT2D eigenvalue weighted by molar-refractivity contribution is -0.128. The smallest absolute Gasteiger partial charge is 0.228 e. The Kier molecular flexibility index (Phi) is 3.69. The summed E-state index contributed by atoms with van der Waals surface area (Å²) in [6.45, 7) is 2.08. The van der Waals surface area contributed by atoms with Crippen LogP contribution in [0.5, 0.6) is 0 Å². The highest BCUT2D eigenvalue weighted by atomic mass is 32.1. The van der Waals surface area contributed by atoms with Crippen molar-refractivity contribution in [3.63, 3.8) is 0 Å². The Balaban J connectivity index is 1.74. The van der Waals surface area contributed by atoms with E-state index in [0.29, 0.717) is 18.7 Å². The second kappa shape index (κ2) is 5.77. The Labute approximate surface area is 150 Å². The third-order valence-electron chi connectivity index (χ3n) is 5.10. The minimum absolute atomic E-state index is 0.00745. The third kappa shape index (κ3) is 2.74. The number of hydrogen-bond donors (Lipinski definition) is 1. The average Bonchev–Trinajstić information content (AvgIpc) is 3.07. The number of thiazole rings is 1. The highest BCUT2D eigenvalue weighted by Crippen LogP contribution is 2.38. The molecule has 4 rings (SSSR count). The van der Waals surface area contributed by atoms with Crippen LogP contribution in [0.25, 0.3) is 21.3 Å². The number of hydrogen-bond acceptors (Lipinski definition) is 4. The van der Waals surface area contributed by atoms with E-state index in [1.165, 1.54) is 9.60 Å². The van der Waals surface area contributed by atoms with Gasteiger partial charge >= 0.3 is 0 Å². The third-order valence-corrected chi connectivity index (χ3v) is 5.91. The number of amidine groups is 1. The lowest BCUT2D eigenvalue weighted by atomic mass is 9.73. The predicted molar refractivity (Wildman–Crippen MR) is 102 cm³/mol. The van der Waals surface area contributed by atoms with Gasteiger partial charge in [-0.2, -0.15) is 0 Å². The molecule has 1 saturated heterocycles. The van der Waals surface area contributed by atoms with Crippen LogP contribution >= 0.6 is 11.3 Å². The molecule has 0 unspecified atom stereocenters. The maximum absolute atomic E-state index is 12.2. The van der Waals surface area contributed by atoms with Crippen molar-refractivity contribution >= 4 is 33.3 Å². The van der Waals surface area contributed by atoms with E-state index in [1.807, 2.05) is 11.6 Å². The average molecular weight is 349 g/mol. The van der Waals surface area contributed by atoms with Gasteiger partial charge < -0.3 is 4.90 Å². The Morgan fingerprint density at radius 3 is 2.76 bits per heavy atom. The number of nitrogens with zero attached hydrogens (tertiary/aromatic N) is 2. The predicted octanol–water partition coefficient (Wildman–Crippen LogP) is 4.45. The summed E-state index contributed by atoms with van der Waals surface area (Å²) >= 11 is 1.64. The fourth-order valence-corrected chi connectivity index (χ4v) is 4.13. The van der Waals surface area contributed by atoms with Crippen molar-refractivity contribution in [2.75, 3.05) is 7.05 Å². The second-order valence-corrected chi connectivity index (χ2v) is 7.82. The number of fused-ring (bicyclic) bond motifs is 1. The van der Waals surface area contributed by atoms with Crippen molar-refractivity contribution in [3.05, 3.63) is 53.5 Å². The van der Waals surface area contributed by atoms with Gasteiger partial charge in [0.2, 0.25) is 5.91 Å². The van der Waals surface area contributed by atoms with E-state index < -0.39 is 0 Å². The van der Waals surface area contributed by atoms with Gasteiger partial charge in [-0.15, -0.1) is 11.3 Å². The Bertz CT molecular complexity index is 973. The van der Waals surface area contributed by atoms with Gasteiger partial charge in [-0.25, -0.2) is 4.98 Å². The van der Waals surface area contributed by atoms with Crippen LogP contribution in [0.1, 0.15) is 25.3 Å². The molecule has 1 aliphatic heterocycles. The molecule has 1 aromatic heterocycles. The van der Waals surface area contributed by atoms with Crippen LogP contribution in [-0.4, -0.2) is 28.7 Å². The monoisotopic (exact) mass is 349 g/mol. The second-order valence-electron chi connectivity index (χ2n) is 6.93. The number of likely N-dealkylation sites (tertiary alicyclic amines) is 1. The molecule has 1 atom stereocenters. The van der Waals surface area contributed by atoms with Crippen LogP contribution in [0.4, 0.5) is 0 Å². The summed E-state index contributed by atoms with van der Waals surface area (Å²) in [5.74, 6) is 0.390. The number of amides is 1. The van der Waals surface area contributed by atoms with E-state index in [2.05, 4.69) is 48.3 Å². The van der Waals surface area contributed by atoms with Gasteiger partial charge in [-0.3, -0.25) is 10.2 Å². The van der Waals surface area contributed by atoms with Gasteiger partial charge in [0.15, 0.2) is 0 Å². The molecule has 0 radical (unpaired) electrons. The Hall–Kier alpha value is -2.53. The van der Waals surface area contributed by atoms with Crippen molar-refractivity contribution in [2.24, 2.45) is 0 Å². The molecule has 1 amide bonds. The van der Waals surface area contributed by atoms with Crippen molar-refractivity contribution in [1.82, 2.24) is 9.88 Å². The molecule has 5 heteroatoms. The molecule has 4 nitrogen and oxygen atoms in total. The fourth-order valence-electron chi connectivity index (χ4n) is 3.47. The highest BCUT2D eigenvalue weighted by Gasteiger charge is 2.38. The van der Waals surface area contributed by atoms with Crippen molar-refractivity contribution in [3.8, 4) is 11.1 Å². The first-order valence-electron chi connectivity index (χ1n) is 8.24. The highest BCUT2D eigenvalue weighted by molar-refractivity contribution is 7.16. The number of rotatable bonds is 2. The molecule has 1 fully saturated rings. The summed E-state index contributed by atoms with van der Waals surface area (Å²) in [5, 5.41) is 8.12. The van der Waals surface area contributed by atoms with Gasteiger partial charge in [0.1, 0.15) is 5.84 Å². The van der Waals surface area contributed by atoms with Gasteiger partial charge in [0.05, 0.1) is 15.7 Å². The first-order valence-corrected chi connectivity index (χ1v) is 9.12. The molecule has 25 heavy (non-hydrogen) atoms. The SMILES string of the molecule is CN1C(=N)C[C@](C)(c2cccc(-c3ccc4scnc4c3)c2)CC1=O. The van der Waals surface area contributed by atoms with Gasteiger partial charge in [-0.05, 0) is 28.8 Å². The molecular formula is C20H19N3OS. The zero-order valence-electron chi connectivity index (χ0n) is 14.2. The first kappa shape index (κ1) is 16.0. The van der Waals surface area contributed by atoms with E-state index in [-0.39, 0.29) is 11.3 Å². The molecular weight excluding hydrogens is 330 g/mol. The minimum atomic E-state index is -0.332. The van der Waals surface area contributed by atoms with Crippen LogP contribution in [0, 0.1) is 5.41 Å².